The predicted molar refractivity (Wildman–Crippen MR) is 60.4 cm³/mol. The van der Waals surface area contributed by atoms with Crippen LogP contribution in [0.4, 0.5) is 0 Å². The fourth-order valence-electron chi connectivity index (χ4n) is 2.52. The van der Waals surface area contributed by atoms with Crippen LogP contribution < -0.4 is 0 Å². The summed E-state index contributed by atoms with van der Waals surface area (Å²) in [5.41, 5.74) is 1.55. The number of likely N-dealkylation sites (tertiary alicyclic amines) is 1. The van der Waals surface area contributed by atoms with Crippen molar-refractivity contribution in [3.63, 3.8) is 0 Å². The minimum Gasteiger partial charge on any atom is -0.306 e. The maximum Gasteiger partial charge on any atom is 0.0193 e. The highest BCUT2D eigenvalue weighted by molar-refractivity contribution is 5.08. The van der Waals surface area contributed by atoms with Gasteiger partial charge in [0.2, 0.25) is 0 Å². The summed E-state index contributed by atoms with van der Waals surface area (Å²) in [4.78, 5) is 5.04. The molecule has 0 spiro atoms. The molecule has 0 unspecified atom stereocenters. The lowest BCUT2D eigenvalue weighted by Gasteiger charge is -2.31. The Balaban J connectivity index is 1.71. The van der Waals surface area contributed by atoms with Crippen molar-refractivity contribution in [3.05, 3.63) is 11.6 Å². The maximum absolute atomic E-state index is 2.59. The minimum atomic E-state index is 0.950. The van der Waals surface area contributed by atoms with Crippen LogP contribution in [0.15, 0.2) is 11.6 Å². The Morgan fingerprint density at radius 3 is 2.64 bits per heavy atom. The van der Waals surface area contributed by atoms with Crippen molar-refractivity contribution >= 4 is 0 Å². The molecule has 0 aliphatic carbocycles. The summed E-state index contributed by atoms with van der Waals surface area (Å²) in [5, 5.41) is 0. The van der Waals surface area contributed by atoms with Crippen molar-refractivity contribution in [1.29, 1.82) is 0 Å². The Bertz CT molecular complexity index is 214. The van der Waals surface area contributed by atoms with Crippen molar-refractivity contribution in [2.75, 3.05) is 39.8 Å². The van der Waals surface area contributed by atoms with Gasteiger partial charge in [-0.2, -0.15) is 0 Å². The van der Waals surface area contributed by atoms with E-state index >= 15 is 0 Å². The first kappa shape index (κ1) is 10.2. The van der Waals surface area contributed by atoms with Gasteiger partial charge in [0.25, 0.3) is 0 Å². The van der Waals surface area contributed by atoms with Crippen molar-refractivity contribution in [2.45, 2.75) is 19.8 Å². The van der Waals surface area contributed by atoms with Gasteiger partial charge in [-0.05, 0) is 45.8 Å². The van der Waals surface area contributed by atoms with Crippen molar-refractivity contribution < 1.29 is 0 Å². The quantitative estimate of drug-likeness (QED) is 0.616. The van der Waals surface area contributed by atoms with Crippen LogP contribution >= 0.6 is 0 Å². The van der Waals surface area contributed by atoms with Crippen LogP contribution in [0.5, 0.6) is 0 Å². The Kier molecular flexibility index (Phi) is 3.24. The van der Waals surface area contributed by atoms with Crippen LogP contribution in [-0.2, 0) is 0 Å². The van der Waals surface area contributed by atoms with Gasteiger partial charge in [0, 0.05) is 19.6 Å². The molecule has 0 aromatic heterocycles. The van der Waals surface area contributed by atoms with Crippen molar-refractivity contribution in [1.82, 2.24) is 9.80 Å². The van der Waals surface area contributed by atoms with E-state index in [1.807, 2.05) is 0 Å². The lowest BCUT2D eigenvalue weighted by atomic mass is 9.97. The molecule has 0 bridgehead atoms. The van der Waals surface area contributed by atoms with E-state index in [4.69, 9.17) is 0 Å². The molecular weight excluding hydrogens is 172 g/mol. The average Bonchev–Trinajstić information content (AvgIpc) is 2.56. The molecule has 1 fully saturated rings. The zero-order chi connectivity index (χ0) is 9.97. The zero-order valence-electron chi connectivity index (χ0n) is 9.50. The van der Waals surface area contributed by atoms with E-state index in [1.54, 1.807) is 5.57 Å². The van der Waals surface area contributed by atoms with Gasteiger partial charge in [0.05, 0.1) is 0 Å². The molecule has 2 aliphatic heterocycles. The first-order valence-electron chi connectivity index (χ1n) is 5.80. The lowest BCUT2D eigenvalue weighted by molar-refractivity contribution is 0.178. The SMILES string of the molecule is CC1=CCN(CC2CCN(C)CC2)C1. The van der Waals surface area contributed by atoms with Gasteiger partial charge in [-0.1, -0.05) is 11.6 Å². The van der Waals surface area contributed by atoms with E-state index in [2.05, 4.69) is 29.8 Å². The standard InChI is InChI=1S/C12H22N2/c1-11-3-8-14(9-11)10-12-4-6-13(2)7-5-12/h3,12H,4-10H2,1-2H3. The molecule has 0 saturated carbocycles. The number of hydrogen-bond donors (Lipinski definition) is 0. The van der Waals surface area contributed by atoms with Crippen LogP contribution in [0.3, 0.4) is 0 Å². The summed E-state index contributed by atoms with van der Waals surface area (Å²) in [5.74, 6) is 0.950. The van der Waals surface area contributed by atoms with Gasteiger partial charge >= 0.3 is 0 Å². The van der Waals surface area contributed by atoms with E-state index in [0.29, 0.717) is 0 Å². The molecule has 0 aromatic carbocycles. The van der Waals surface area contributed by atoms with Gasteiger partial charge in [-0.3, -0.25) is 4.90 Å². The summed E-state index contributed by atoms with van der Waals surface area (Å²) in [7, 11) is 2.23. The van der Waals surface area contributed by atoms with Crippen LogP contribution in [0.25, 0.3) is 0 Å². The van der Waals surface area contributed by atoms with Gasteiger partial charge < -0.3 is 4.90 Å². The second-order valence-corrected chi connectivity index (χ2v) is 4.99. The predicted octanol–water partition coefficient (Wildman–Crippen LogP) is 1.59. The summed E-state index contributed by atoms with van der Waals surface area (Å²) < 4.78 is 0. The second-order valence-electron chi connectivity index (χ2n) is 4.99. The first-order valence-corrected chi connectivity index (χ1v) is 5.80. The lowest BCUT2D eigenvalue weighted by Crippen LogP contribution is -2.36. The molecule has 2 aliphatic rings. The summed E-state index contributed by atoms with van der Waals surface area (Å²) in [6.45, 7) is 8.57. The van der Waals surface area contributed by atoms with Gasteiger partial charge in [0.15, 0.2) is 0 Å². The molecule has 1 saturated heterocycles. The maximum atomic E-state index is 2.59. The molecule has 0 aromatic rings. The highest BCUT2D eigenvalue weighted by Crippen LogP contribution is 2.19. The Morgan fingerprint density at radius 2 is 2.07 bits per heavy atom. The molecule has 2 heterocycles. The van der Waals surface area contributed by atoms with Gasteiger partial charge in [-0.15, -0.1) is 0 Å². The zero-order valence-corrected chi connectivity index (χ0v) is 9.50. The molecule has 0 radical (unpaired) electrons. The molecule has 0 amide bonds. The van der Waals surface area contributed by atoms with Gasteiger partial charge in [-0.25, -0.2) is 0 Å². The highest BCUT2D eigenvalue weighted by Gasteiger charge is 2.20. The largest absolute Gasteiger partial charge is 0.306 e. The number of nitrogens with zero attached hydrogens (tertiary/aromatic N) is 2. The smallest absolute Gasteiger partial charge is 0.0193 e. The fraction of sp³-hybridized carbons (Fsp3) is 0.833. The second kappa shape index (κ2) is 4.45. The first-order chi connectivity index (χ1) is 6.74. The fourth-order valence-corrected chi connectivity index (χ4v) is 2.52. The third-order valence-corrected chi connectivity index (χ3v) is 3.53. The molecular formula is C12H22N2. The number of piperidine rings is 1. The van der Waals surface area contributed by atoms with Crippen LogP contribution in [0, 0.1) is 5.92 Å². The average molecular weight is 194 g/mol. The summed E-state index contributed by atoms with van der Waals surface area (Å²) in [6, 6.07) is 0. The van der Waals surface area contributed by atoms with Crippen LogP contribution in [0.2, 0.25) is 0 Å². The van der Waals surface area contributed by atoms with Gasteiger partial charge in [0.1, 0.15) is 0 Å². The molecule has 0 N–H and O–H groups in total. The molecule has 2 rings (SSSR count). The summed E-state index contributed by atoms with van der Waals surface area (Å²) in [6.07, 6.45) is 5.16. The molecule has 80 valence electrons. The third kappa shape index (κ3) is 2.58. The molecule has 2 heteroatoms. The van der Waals surface area contributed by atoms with E-state index in [-0.39, 0.29) is 0 Å². The molecule has 0 atom stereocenters. The van der Waals surface area contributed by atoms with E-state index < -0.39 is 0 Å². The Hall–Kier alpha value is -0.340. The normalized spacial score (nSPS) is 26.9. The highest BCUT2D eigenvalue weighted by atomic mass is 15.1. The van der Waals surface area contributed by atoms with Crippen LogP contribution in [-0.4, -0.2) is 49.6 Å². The Labute approximate surface area is 87.6 Å². The molecule has 2 nitrogen and oxygen atoms in total. The topological polar surface area (TPSA) is 6.48 Å². The van der Waals surface area contributed by atoms with Crippen molar-refractivity contribution in [3.8, 4) is 0 Å². The minimum absolute atomic E-state index is 0.950. The summed E-state index contributed by atoms with van der Waals surface area (Å²) >= 11 is 0. The third-order valence-electron chi connectivity index (χ3n) is 3.53. The van der Waals surface area contributed by atoms with E-state index in [1.165, 1.54) is 45.6 Å². The van der Waals surface area contributed by atoms with Crippen LogP contribution in [0.1, 0.15) is 19.8 Å². The monoisotopic (exact) mass is 194 g/mol. The van der Waals surface area contributed by atoms with E-state index in [0.717, 1.165) is 5.92 Å². The van der Waals surface area contributed by atoms with E-state index in [9.17, 15) is 0 Å². The van der Waals surface area contributed by atoms with Crippen molar-refractivity contribution in [2.24, 2.45) is 5.92 Å². The molecule has 14 heavy (non-hydrogen) atoms. The number of rotatable bonds is 2. The number of hydrogen-bond acceptors (Lipinski definition) is 2. The Morgan fingerprint density at radius 1 is 1.36 bits per heavy atom.